The maximum Gasteiger partial charge on any atom is 0.323 e. The summed E-state index contributed by atoms with van der Waals surface area (Å²) in [7, 11) is 0. The molecule has 0 aliphatic carbocycles. The predicted molar refractivity (Wildman–Crippen MR) is 74.0 cm³/mol. The van der Waals surface area contributed by atoms with E-state index >= 15 is 0 Å². The number of carbonyl (C=O) groups excluding carboxylic acids is 1. The molecule has 1 rings (SSSR count). The molecule has 0 fully saturated rings. The molecular weight excluding hydrogens is 250 g/mol. The molecule has 0 saturated heterocycles. The topological polar surface area (TPSA) is 57.6 Å². The van der Waals surface area contributed by atoms with E-state index in [1.54, 1.807) is 36.0 Å². The number of nitrogens with zero attached hydrogens (tertiary/aromatic N) is 1. The van der Waals surface area contributed by atoms with E-state index in [-0.39, 0.29) is 12.5 Å². The van der Waals surface area contributed by atoms with Crippen molar-refractivity contribution in [3.05, 3.63) is 30.3 Å². The highest BCUT2D eigenvalue weighted by Crippen LogP contribution is 2.15. The molecule has 0 unspecified atom stereocenters. The van der Waals surface area contributed by atoms with Crippen molar-refractivity contribution in [1.82, 2.24) is 0 Å². The van der Waals surface area contributed by atoms with Gasteiger partial charge in [-0.25, -0.2) is 0 Å². The number of hydrogen-bond donors (Lipinski definition) is 1. The molecule has 1 aromatic rings. The smallest absolute Gasteiger partial charge is 0.323 e. The van der Waals surface area contributed by atoms with E-state index in [9.17, 15) is 9.59 Å². The van der Waals surface area contributed by atoms with Crippen molar-refractivity contribution in [2.45, 2.75) is 12.8 Å². The van der Waals surface area contributed by atoms with Gasteiger partial charge in [0.25, 0.3) is 0 Å². The molecule has 1 amide bonds. The fourth-order valence-corrected chi connectivity index (χ4v) is 2.00. The van der Waals surface area contributed by atoms with Crippen molar-refractivity contribution in [3.63, 3.8) is 0 Å². The maximum absolute atomic E-state index is 12.0. The standard InChI is InChI=1S/C13H17NO3S/c1-18-9-5-8-12(15)14(10-13(16)17)11-6-3-2-4-7-11/h2-4,6-7H,5,8-10H2,1H3,(H,16,17). The molecule has 0 spiro atoms. The van der Waals surface area contributed by atoms with Crippen molar-refractivity contribution >= 4 is 29.3 Å². The number of anilines is 1. The third-order valence-electron chi connectivity index (χ3n) is 2.40. The third-order valence-corrected chi connectivity index (χ3v) is 3.10. The predicted octanol–water partition coefficient (Wildman–Crippen LogP) is 2.25. The summed E-state index contributed by atoms with van der Waals surface area (Å²) in [6, 6.07) is 8.91. The Hall–Kier alpha value is -1.49. The van der Waals surface area contributed by atoms with E-state index in [4.69, 9.17) is 5.11 Å². The van der Waals surface area contributed by atoms with Gasteiger partial charge in [0.15, 0.2) is 0 Å². The average Bonchev–Trinajstić information content (AvgIpc) is 2.37. The molecule has 0 aliphatic rings. The number of thioether (sulfide) groups is 1. The van der Waals surface area contributed by atoms with Gasteiger partial charge in [0.1, 0.15) is 6.54 Å². The Balaban J connectivity index is 2.72. The Kier molecular flexibility index (Phi) is 6.28. The van der Waals surface area contributed by atoms with Gasteiger partial charge in [0.05, 0.1) is 0 Å². The molecule has 0 radical (unpaired) electrons. The number of benzene rings is 1. The average molecular weight is 267 g/mol. The monoisotopic (exact) mass is 267 g/mol. The molecule has 0 bridgehead atoms. The van der Waals surface area contributed by atoms with E-state index in [0.717, 1.165) is 12.2 Å². The van der Waals surface area contributed by atoms with Crippen molar-refractivity contribution in [3.8, 4) is 0 Å². The van der Waals surface area contributed by atoms with E-state index in [0.29, 0.717) is 12.1 Å². The maximum atomic E-state index is 12.0. The number of rotatable bonds is 7. The number of aliphatic carboxylic acids is 1. The zero-order chi connectivity index (χ0) is 13.4. The van der Waals surface area contributed by atoms with Crippen LogP contribution in [-0.4, -0.2) is 35.5 Å². The molecule has 0 saturated carbocycles. The summed E-state index contributed by atoms with van der Waals surface area (Å²) in [5, 5.41) is 8.87. The summed E-state index contributed by atoms with van der Waals surface area (Å²) in [6.07, 6.45) is 3.13. The van der Waals surface area contributed by atoms with Gasteiger partial charge in [-0.2, -0.15) is 11.8 Å². The summed E-state index contributed by atoms with van der Waals surface area (Å²) in [4.78, 5) is 24.1. The van der Waals surface area contributed by atoms with Gasteiger partial charge in [0, 0.05) is 12.1 Å². The molecule has 1 N–H and O–H groups in total. The summed E-state index contributed by atoms with van der Waals surface area (Å²) in [5.74, 6) is -0.240. The lowest BCUT2D eigenvalue weighted by Crippen LogP contribution is -2.35. The zero-order valence-corrected chi connectivity index (χ0v) is 11.2. The van der Waals surface area contributed by atoms with Crippen molar-refractivity contribution < 1.29 is 14.7 Å². The molecular formula is C13H17NO3S. The van der Waals surface area contributed by atoms with Crippen LogP contribution in [0.5, 0.6) is 0 Å². The van der Waals surface area contributed by atoms with Crippen LogP contribution in [0.2, 0.25) is 0 Å². The minimum absolute atomic E-state index is 0.141. The molecule has 18 heavy (non-hydrogen) atoms. The van der Waals surface area contributed by atoms with Gasteiger partial charge in [0.2, 0.25) is 5.91 Å². The number of carbonyl (C=O) groups is 2. The molecule has 0 heterocycles. The summed E-state index contributed by atoms with van der Waals surface area (Å²) in [5.41, 5.74) is 0.633. The SMILES string of the molecule is CSCCCC(=O)N(CC(=O)O)c1ccccc1. The number of amides is 1. The molecule has 0 atom stereocenters. The van der Waals surface area contributed by atoms with E-state index < -0.39 is 5.97 Å². The van der Waals surface area contributed by atoms with Crippen LogP contribution in [0.4, 0.5) is 5.69 Å². The summed E-state index contributed by atoms with van der Waals surface area (Å²) >= 11 is 1.68. The lowest BCUT2D eigenvalue weighted by molar-refractivity contribution is -0.136. The second kappa shape index (κ2) is 7.76. The third kappa shape index (κ3) is 4.79. The van der Waals surface area contributed by atoms with Crippen LogP contribution in [0.1, 0.15) is 12.8 Å². The van der Waals surface area contributed by atoms with Gasteiger partial charge in [-0.15, -0.1) is 0 Å². The lowest BCUT2D eigenvalue weighted by atomic mass is 10.2. The van der Waals surface area contributed by atoms with Crippen LogP contribution in [-0.2, 0) is 9.59 Å². The fourth-order valence-electron chi connectivity index (χ4n) is 1.57. The van der Waals surface area contributed by atoms with Gasteiger partial charge in [-0.05, 0) is 30.6 Å². The van der Waals surface area contributed by atoms with Gasteiger partial charge in [-0.3, -0.25) is 9.59 Å². The van der Waals surface area contributed by atoms with E-state index in [2.05, 4.69) is 0 Å². The van der Waals surface area contributed by atoms with Crippen molar-refractivity contribution in [1.29, 1.82) is 0 Å². The molecule has 4 nitrogen and oxygen atoms in total. The van der Waals surface area contributed by atoms with Crippen molar-refractivity contribution in [2.75, 3.05) is 23.5 Å². The Morgan fingerprint density at radius 3 is 2.50 bits per heavy atom. The quantitative estimate of drug-likeness (QED) is 0.770. The van der Waals surface area contributed by atoms with Gasteiger partial charge < -0.3 is 10.0 Å². The summed E-state index contributed by atoms with van der Waals surface area (Å²) in [6.45, 7) is -0.290. The van der Waals surface area contributed by atoms with Crippen molar-refractivity contribution in [2.24, 2.45) is 0 Å². The first-order valence-electron chi connectivity index (χ1n) is 5.71. The second-order valence-electron chi connectivity index (χ2n) is 3.81. The first-order chi connectivity index (χ1) is 8.65. The minimum Gasteiger partial charge on any atom is -0.480 e. The molecule has 0 aromatic heterocycles. The Morgan fingerprint density at radius 2 is 1.94 bits per heavy atom. The minimum atomic E-state index is -1.00. The van der Waals surface area contributed by atoms with Crippen LogP contribution >= 0.6 is 11.8 Å². The molecule has 0 aliphatic heterocycles. The Labute approximate surface area is 111 Å². The number of carboxylic acids is 1. The van der Waals surface area contributed by atoms with Crippen LogP contribution in [0.25, 0.3) is 0 Å². The van der Waals surface area contributed by atoms with E-state index in [1.165, 1.54) is 4.90 Å². The summed E-state index contributed by atoms with van der Waals surface area (Å²) < 4.78 is 0. The highest BCUT2D eigenvalue weighted by molar-refractivity contribution is 7.98. The first-order valence-corrected chi connectivity index (χ1v) is 7.10. The van der Waals surface area contributed by atoms with Gasteiger partial charge in [-0.1, -0.05) is 18.2 Å². The molecule has 1 aromatic carbocycles. The number of hydrogen-bond acceptors (Lipinski definition) is 3. The highest BCUT2D eigenvalue weighted by atomic mass is 32.2. The van der Waals surface area contributed by atoms with E-state index in [1.807, 2.05) is 12.3 Å². The Morgan fingerprint density at radius 1 is 1.28 bits per heavy atom. The number of carboxylic acid groups (broad SMARTS) is 1. The fraction of sp³-hybridized carbons (Fsp3) is 0.385. The van der Waals surface area contributed by atoms with Crippen LogP contribution in [0.15, 0.2) is 30.3 Å². The largest absolute Gasteiger partial charge is 0.480 e. The van der Waals surface area contributed by atoms with Crippen LogP contribution in [0.3, 0.4) is 0 Å². The first kappa shape index (κ1) is 14.6. The lowest BCUT2D eigenvalue weighted by Gasteiger charge is -2.20. The van der Waals surface area contributed by atoms with Gasteiger partial charge >= 0.3 is 5.97 Å². The molecule has 5 heteroatoms. The normalized spacial score (nSPS) is 10.1. The highest BCUT2D eigenvalue weighted by Gasteiger charge is 2.17. The molecule has 98 valence electrons. The second-order valence-corrected chi connectivity index (χ2v) is 4.79. The Bertz CT molecular complexity index is 394. The van der Waals surface area contributed by atoms with Crippen LogP contribution < -0.4 is 4.90 Å². The number of para-hydroxylation sites is 1. The zero-order valence-electron chi connectivity index (χ0n) is 10.3. The van der Waals surface area contributed by atoms with Crippen LogP contribution in [0, 0.1) is 0 Å².